The lowest BCUT2D eigenvalue weighted by molar-refractivity contribution is 0.322. The molecule has 1 aromatic carbocycles. The molecule has 0 radical (unpaired) electrons. The lowest BCUT2D eigenvalue weighted by atomic mass is 9.93. The molecule has 0 atom stereocenters. The zero-order valence-corrected chi connectivity index (χ0v) is 19.3. The molecule has 0 bridgehead atoms. The number of aryl methyl sites for hydroxylation is 1. The van der Waals surface area contributed by atoms with Crippen LogP contribution in [0.2, 0.25) is 0 Å². The topological polar surface area (TPSA) is 58.5 Å². The van der Waals surface area contributed by atoms with Crippen LogP contribution in [-0.2, 0) is 12.0 Å². The van der Waals surface area contributed by atoms with Gasteiger partial charge in [-0.3, -0.25) is 4.99 Å². The SMILES string of the molecule is CN=C(NCCOc1ccc(C)cc1)NCc1nc(C(C)(C)C)cs1.I. The zero-order chi connectivity index (χ0) is 18.3. The summed E-state index contributed by atoms with van der Waals surface area (Å²) in [6, 6.07) is 8.06. The number of nitrogens with zero attached hydrogens (tertiary/aromatic N) is 2. The number of guanidine groups is 1. The van der Waals surface area contributed by atoms with Crippen molar-refractivity contribution in [3.8, 4) is 5.75 Å². The van der Waals surface area contributed by atoms with Gasteiger partial charge in [0.15, 0.2) is 5.96 Å². The van der Waals surface area contributed by atoms with Gasteiger partial charge in [0.05, 0.1) is 18.8 Å². The summed E-state index contributed by atoms with van der Waals surface area (Å²) in [4.78, 5) is 8.91. The monoisotopic (exact) mass is 488 g/mol. The van der Waals surface area contributed by atoms with Crippen LogP contribution in [0.15, 0.2) is 34.6 Å². The number of ether oxygens (including phenoxy) is 1. The van der Waals surface area contributed by atoms with Crippen molar-refractivity contribution < 1.29 is 4.74 Å². The number of hydrogen-bond donors (Lipinski definition) is 2. The Hall–Kier alpha value is -1.35. The Bertz CT molecular complexity index is 692. The molecule has 2 aromatic rings. The predicted octanol–water partition coefficient (Wildman–Crippen LogP) is 4.11. The fraction of sp³-hybridized carbons (Fsp3) is 0.474. The molecule has 0 saturated carbocycles. The van der Waals surface area contributed by atoms with Crippen LogP contribution in [0.4, 0.5) is 0 Å². The fourth-order valence-corrected chi connectivity index (χ4v) is 3.05. The maximum atomic E-state index is 5.70. The third-order valence-electron chi connectivity index (χ3n) is 3.64. The number of halogens is 1. The molecule has 0 aliphatic heterocycles. The molecule has 2 N–H and O–H groups in total. The van der Waals surface area contributed by atoms with E-state index in [9.17, 15) is 0 Å². The Balaban J connectivity index is 0.00000338. The average molecular weight is 488 g/mol. The Kier molecular flexibility index (Phi) is 9.35. The minimum atomic E-state index is 0. The van der Waals surface area contributed by atoms with Gasteiger partial charge < -0.3 is 15.4 Å². The third kappa shape index (κ3) is 7.49. The standard InChI is InChI=1S/C19H28N4OS.HI/c1-14-6-8-15(9-7-14)24-11-10-21-18(20-5)22-12-17-23-16(13-25-17)19(2,3)4;/h6-9,13H,10-12H2,1-5H3,(H2,20,21,22);1H. The van der Waals surface area contributed by atoms with Gasteiger partial charge in [-0.05, 0) is 19.1 Å². The average Bonchev–Trinajstić information content (AvgIpc) is 3.05. The van der Waals surface area contributed by atoms with Gasteiger partial charge in [-0.1, -0.05) is 38.5 Å². The fourth-order valence-electron chi connectivity index (χ4n) is 2.09. The Morgan fingerprint density at radius 1 is 1.19 bits per heavy atom. The number of aliphatic imine (C=N–C) groups is 1. The van der Waals surface area contributed by atoms with E-state index < -0.39 is 0 Å². The molecule has 0 aliphatic carbocycles. The minimum Gasteiger partial charge on any atom is -0.492 e. The summed E-state index contributed by atoms with van der Waals surface area (Å²) >= 11 is 1.67. The van der Waals surface area contributed by atoms with Crippen molar-refractivity contribution in [1.29, 1.82) is 0 Å². The second kappa shape index (κ2) is 10.7. The summed E-state index contributed by atoms with van der Waals surface area (Å²) < 4.78 is 5.70. The third-order valence-corrected chi connectivity index (χ3v) is 4.48. The van der Waals surface area contributed by atoms with Crippen LogP contribution in [0.1, 0.15) is 37.0 Å². The number of benzene rings is 1. The van der Waals surface area contributed by atoms with Crippen molar-refractivity contribution in [2.24, 2.45) is 4.99 Å². The molecule has 0 fully saturated rings. The van der Waals surface area contributed by atoms with Crippen LogP contribution in [0.3, 0.4) is 0 Å². The molecule has 5 nitrogen and oxygen atoms in total. The second-order valence-electron chi connectivity index (χ2n) is 6.89. The van der Waals surface area contributed by atoms with Crippen molar-refractivity contribution in [3.05, 3.63) is 45.9 Å². The van der Waals surface area contributed by atoms with Crippen LogP contribution in [0.5, 0.6) is 5.75 Å². The number of thiazole rings is 1. The number of nitrogens with one attached hydrogen (secondary N) is 2. The highest BCUT2D eigenvalue weighted by Crippen LogP contribution is 2.23. The molecule has 1 heterocycles. The molecular weight excluding hydrogens is 459 g/mol. The molecule has 144 valence electrons. The summed E-state index contributed by atoms with van der Waals surface area (Å²) in [5.41, 5.74) is 2.44. The van der Waals surface area contributed by atoms with Gasteiger partial charge in [0.25, 0.3) is 0 Å². The highest BCUT2D eigenvalue weighted by Gasteiger charge is 2.17. The first kappa shape index (κ1) is 22.7. The van der Waals surface area contributed by atoms with E-state index in [0.717, 1.165) is 22.4 Å². The molecule has 1 aromatic heterocycles. The van der Waals surface area contributed by atoms with E-state index in [2.05, 4.69) is 53.7 Å². The summed E-state index contributed by atoms with van der Waals surface area (Å²) in [6.07, 6.45) is 0. The molecule has 7 heteroatoms. The minimum absolute atomic E-state index is 0. The first-order valence-corrected chi connectivity index (χ1v) is 9.35. The van der Waals surface area contributed by atoms with Gasteiger partial charge in [-0.15, -0.1) is 35.3 Å². The molecule has 2 rings (SSSR count). The molecular formula is C19H29IN4OS. The van der Waals surface area contributed by atoms with Gasteiger partial charge in [0.2, 0.25) is 0 Å². The molecule has 0 spiro atoms. The Labute approximate surface area is 177 Å². The highest BCUT2D eigenvalue weighted by molar-refractivity contribution is 14.0. The number of rotatable bonds is 6. The summed E-state index contributed by atoms with van der Waals surface area (Å²) in [6.45, 7) is 10.5. The van der Waals surface area contributed by atoms with Gasteiger partial charge in [-0.2, -0.15) is 0 Å². The molecule has 26 heavy (non-hydrogen) atoms. The number of hydrogen-bond acceptors (Lipinski definition) is 4. The van der Waals surface area contributed by atoms with E-state index in [1.807, 2.05) is 24.3 Å². The largest absolute Gasteiger partial charge is 0.492 e. The molecule has 0 saturated heterocycles. The van der Waals surface area contributed by atoms with E-state index in [-0.39, 0.29) is 29.4 Å². The molecule has 0 amide bonds. The summed E-state index contributed by atoms with van der Waals surface area (Å²) in [5.74, 6) is 1.63. The van der Waals surface area contributed by atoms with Crippen molar-refractivity contribution >= 4 is 41.3 Å². The van der Waals surface area contributed by atoms with Crippen LogP contribution in [0, 0.1) is 6.92 Å². The lowest BCUT2D eigenvalue weighted by Crippen LogP contribution is -2.38. The summed E-state index contributed by atoms with van der Waals surface area (Å²) in [7, 11) is 1.76. The van der Waals surface area contributed by atoms with Crippen molar-refractivity contribution in [2.75, 3.05) is 20.2 Å². The van der Waals surface area contributed by atoms with E-state index in [1.165, 1.54) is 5.56 Å². The van der Waals surface area contributed by atoms with E-state index in [0.29, 0.717) is 19.7 Å². The first-order chi connectivity index (χ1) is 11.9. The Morgan fingerprint density at radius 2 is 1.88 bits per heavy atom. The van der Waals surface area contributed by atoms with Crippen molar-refractivity contribution in [1.82, 2.24) is 15.6 Å². The number of aromatic nitrogens is 1. The van der Waals surface area contributed by atoms with E-state index in [4.69, 9.17) is 4.74 Å². The Morgan fingerprint density at radius 3 is 2.46 bits per heavy atom. The van der Waals surface area contributed by atoms with Gasteiger partial charge in [0, 0.05) is 17.8 Å². The van der Waals surface area contributed by atoms with Gasteiger partial charge in [-0.25, -0.2) is 4.98 Å². The van der Waals surface area contributed by atoms with Gasteiger partial charge >= 0.3 is 0 Å². The first-order valence-electron chi connectivity index (χ1n) is 8.47. The highest BCUT2D eigenvalue weighted by atomic mass is 127. The predicted molar refractivity (Wildman–Crippen MR) is 121 cm³/mol. The van der Waals surface area contributed by atoms with Gasteiger partial charge in [0.1, 0.15) is 17.4 Å². The zero-order valence-electron chi connectivity index (χ0n) is 16.1. The summed E-state index contributed by atoms with van der Waals surface area (Å²) in [5, 5.41) is 9.72. The second-order valence-corrected chi connectivity index (χ2v) is 7.83. The van der Waals surface area contributed by atoms with E-state index in [1.54, 1.807) is 18.4 Å². The molecule has 0 unspecified atom stereocenters. The normalized spacial score (nSPS) is 11.7. The lowest BCUT2D eigenvalue weighted by Gasteiger charge is -2.14. The maximum absolute atomic E-state index is 5.70. The van der Waals surface area contributed by atoms with Crippen LogP contribution < -0.4 is 15.4 Å². The molecule has 0 aliphatic rings. The van der Waals surface area contributed by atoms with E-state index >= 15 is 0 Å². The van der Waals surface area contributed by atoms with Crippen molar-refractivity contribution in [3.63, 3.8) is 0 Å². The van der Waals surface area contributed by atoms with Crippen LogP contribution in [0.25, 0.3) is 0 Å². The maximum Gasteiger partial charge on any atom is 0.191 e. The van der Waals surface area contributed by atoms with Crippen LogP contribution >= 0.6 is 35.3 Å². The van der Waals surface area contributed by atoms with Crippen LogP contribution in [-0.4, -0.2) is 31.1 Å². The van der Waals surface area contributed by atoms with Crippen molar-refractivity contribution in [2.45, 2.75) is 39.7 Å². The quantitative estimate of drug-likeness (QED) is 0.278. The smallest absolute Gasteiger partial charge is 0.191 e.